The molecule has 0 saturated carbocycles. The molecule has 0 spiro atoms. The van der Waals surface area contributed by atoms with Gasteiger partial charge in [0.1, 0.15) is 17.3 Å². The Morgan fingerprint density at radius 2 is 1.90 bits per heavy atom. The van der Waals surface area contributed by atoms with Gasteiger partial charge in [0.05, 0.1) is 24.3 Å². The molecule has 1 amide bonds. The van der Waals surface area contributed by atoms with Crippen LogP contribution in [0.5, 0.6) is 5.75 Å². The second-order valence-corrected chi connectivity index (χ2v) is 6.44. The Labute approximate surface area is 167 Å². The second kappa shape index (κ2) is 8.14. The topological polar surface area (TPSA) is 64.4 Å². The molecule has 0 bridgehead atoms. The highest BCUT2D eigenvalue weighted by Gasteiger charge is 2.17. The van der Waals surface area contributed by atoms with Crippen LogP contribution in [0, 0.1) is 5.82 Å². The first-order valence-electron chi connectivity index (χ1n) is 9.30. The maximum atomic E-state index is 13.9. The first-order chi connectivity index (χ1) is 14.2. The maximum Gasteiger partial charge on any atom is 0.256 e. The molecule has 5 nitrogen and oxygen atoms in total. The van der Waals surface area contributed by atoms with Crippen LogP contribution in [-0.4, -0.2) is 17.7 Å². The van der Waals surface area contributed by atoms with Crippen LogP contribution in [0.3, 0.4) is 0 Å². The molecule has 0 radical (unpaired) electrons. The van der Waals surface area contributed by atoms with Crippen LogP contribution in [0.4, 0.5) is 4.39 Å². The van der Waals surface area contributed by atoms with E-state index in [9.17, 15) is 9.18 Å². The van der Waals surface area contributed by atoms with Gasteiger partial charge in [0.2, 0.25) is 0 Å². The number of fused-ring (bicyclic) bond motifs is 1. The summed E-state index contributed by atoms with van der Waals surface area (Å²) in [5.74, 6) is 0.167. The molecule has 4 rings (SSSR count). The number of nitrogens with zero attached hydrogens (tertiary/aromatic N) is 1. The summed E-state index contributed by atoms with van der Waals surface area (Å²) in [6.07, 6.45) is 0. The smallest absolute Gasteiger partial charge is 0.256 e. The lowest BCUT2D eigenvalue weighted by molar-refractivity contribution is 0.0948. The molecule has 0 aliphatic rings. The summed E-state index contributed by atoms with van der Waals surface area (Å²) in [5, 5.41) is 8.54. The van der Waals surface area contributed by atoms with E-state index in [2.05, 4.69) is 10.5 Å². The molecule has 1 N–H and O–H groups in total. The summed E-state index contributed by atoms with van der Waals surface area (Å²) >= 11 is 0. The van der Waals surface area contributed by atoms with E-state index in [1.807, 2.05) is 37.3 Å². The van der Waals surface area contributed by atoms with Crippen LogP contribution in [0.2, 0.25) is 0 Å². The van der Waals surface area contributed by atoms with Crippen LogP contribution in [0.1, 0.15) is 23.0 Å². The lowest BCUT2D eigenvalue weighted by Crippen LogP contribution is -2.24. The molecule has 0 unspecified atom stereocenters. The number of aromatic nitrogens is 1. The highest BCUT2D eigenvalue weighted by atomic mass is 19.1. The van der Waals surface area contributed by atoms with E-state index in [4.69, 9.17) is 9.26 Å². The number of halogens is 1. The van der Waals surface area contributed by atoms with Gasteiger partial charge in [-0.25, -0.2) is 4.39 Å². The zero-order valence-electron chi connectivity index (χ0n) is 15.8. The molecular formula is C23H19FN2O3. The van der Waals surface area contributed by atoms with Crippen molar-refractivity contribution in [1.82, 2.24) is 10.5 Å². The Kier molecular flexibility index (Phi) is 5.24. The number of rotatable bonds is 6. The molecular weight excluding hydrogens is 371 g/mol. The van der Waals surface area contributed by atoms with Crippen LogP contribution < -0.4 is 10.1 Å². The maximum absolute atomic E-state index is 13.9. The number of ether oxygens (including phenoxy) is 1. The molecule has 4 aromatic rings. The van der Waals surface area contributed by atoms with Crippen molar-refractivity contribution >= 4 is 16.7 Å². The average molecular weight is 390 g/mol. The third kappa shape index (κ3) is 3.82. The molecule has 1 aromatic heterocycles. The highest BCUT2D eigenvalue weighted by Crippen LogP contribution is 2.28. The van der Waals surface area contributed by atoms with Gasteiger partial charge in [-0.1, -0.05) is 47.6 Å². The molecule has 0 fully saturated rings. The molecule has 0 aliphatic carbocycles. The van der Waals surface area contributed by atoms with Gasteiger partial charge in [-0.2, -0.15) is 0 Å². The lowest BCUT2D eigenvalue weighted by Gasteiger charge is -2.13. The fourth-order valence-electron chi connectivity index (χ4n) is 3.20. The van der Waals surface area contributed by atoms with Gasteiger partial charge in [-0.05, 0) is 35.9 Å². The Balaban J connectivity index is 1.57. The fraction of sp³-hybridized carbons (Fsp3) is 0.130. The summed E-state index contributed by atoms with van der Waals surface area (Å²) in [4.78, 5) is 12.9. The SMILES string of the molecule is CCOc1ccc2ccccc2c1C(=O)NCc1cc(-c2ccccc2F)on1. The Morgan fingerprint density at radius 3 is 2.72 bits per heavy atom. The number of carbonyl (C=O) groups excluding carboxylic acids is 1. The molecule has 3 aromatic carbocycles. The first kappa shape index (κ1) is 18.7. The Morgan fingerprint density at radius 1 is 1.10 bits per heavy atom. The van der Waals surface area contributed by atoms with Crippen molar-refractivity contribution in [2.24, 2.45) is 0 Å². The summed E-state index contributed by atoms with van der Waals surface area (Å²) in [6.45, 7) is 2.47. The minimum absolute atomic E-state index is 0.144. The number of amides is 1. The van der Waals surface area contributed by atoms with E-state index >= 15 is 0 Å². The van der Waals surface area contributed by atoms with Crippen molar-refractivity contribution in [3.63, 3.8) is 0 Å². The van der Waals surface area contributed by atoms with E-state index in [0.29, 0.717) is 34.9 Å². The molecule has 6 heteroatoms. The zero-order valence-corrected chi connectivity index (χ0v) is 15.8. The normalized spacial score (nSPS) is 10.8. The largest absolute Gasteiger partial charge is 0.493 e. The van der Waals surface area contributed by atoms with Gasteiger partial charge in [-0.3, -0.25) is 4.79 Å². The molecule has 29 heavy (non-hydrogen) atoms. The minimum atomic E-state index is -0.392. The van der Waals surface area contributed by atoms with Crippen molar-refractivity contribution in [2.45, 2.75) is 13.5 Å². The summed E-state index contributed by atoms with van der Waals surface area (Å²) < 4.78 is 24.8. The standard InChI is InChI=1S/C23H19FN2O3/c1-2-28-20-12-11-15-7-3-4-8-17(15)22(20)23(27)25-14-16-13-21(29-26-16)18-9-5-6-10-19(18)24/h3-13H,2,14H2,1H3,(H,25,27). The van der Waals surface area contributed by atoms with Crippen molar-refractivity contribution in [3.8, 4) is 17.1 Å². The monoisotopic (exact) mass is 390 g/mol. The quantitative estimate of drug-likeness (QED) is 0.505. The number of benzene rings is 3. The third-order valence-electron chi connectivity index (χ3n) is 4.55. The molecule has 146 valence electrons. The zero-order chi connectivity index (χ0) is 20.2. The number of nitrogens with one attached hydrogen (secondary N) is 1. The van der Waals surface area contributed by atoms with Crippen LogP contribution in [-0.2, 0) is 6.54 Å². The van der Waals surface area contributed by atoms with Crippen molar-refractivity contribution in [1.29, 1.82) is 0 Å². The number of hydrogen-bond acceptors (Lipinski definition) is 4. The van der Waals surface area contributed by atoms with E-state index in [1.54, 1.807) is 30.3 Å². The minimum Gasteiger partial charge on any atom is -0.493 e. The van der Waals surface area contributed by atoms with E-state index in [-0.39, 0.29) is 12.5 Å². The fourth-order valence-corrected chi connectivity index (χ4v) is 3.20. The number of hydrogen-bond donors (Lipinski definition) is 1. The van der Waals surface area contributed by atoms with Crippen LogP contribution in [0.25, 0.3) is 22.1 Å². The van der Waals surface area contributed by atoms with Gasteiger partial charge in [0, 0.05) is 6.07 Å². The molecule has 0 aliphatic heterocycles. The average Bonchev–Trinajstić information content (AvgIpc) is 3.21. The number of carbonyl (C=O) groups is 1. The van der Waals surface area contributed by atoms with Gasteiger partial charge >= 0.3 is 0 Å². The Bertz CT molecular complexity index is 1170. The van der Waals surface area contributed by atoms with E-state index in [0.717, 1.165) is 10.8 Å². The molecule has 0 saturated heterocycles. The molecule has 0 atom stereocenters. The molecule has 1 heterocycles. The van der Waals surface area contributed by atoms with Crippen LogP contribution in [0.15, 0.2) is 71.3 Å². The predicted molar refractivity (Wildman–Crippen MR) is 108 cm³/mol. The Hall–Kier alpha value is -3.67. The second-order valence-electron chi connectivity index (χ2n) is 6.44. The van der Waals surface area contributed by atoms with E-state index in [1.165, 1.54) is 6.07 Å². The van der Waals surface area contributed by atoms with Crippen molar-refractivity contribution in [3.05, 3.63) is 83.8 Å². The van der Waals surface area contributed by atoms with Gasteiger partial charge in [0.25, 0.3) is 5.91 Å². The highest BCUT2D eigenvalue weighted by molar-refractivity contribution is 6.09. The lowest BCUT2D eigenvalue weighted by atomic mass is 10.0. The first-order valence-corrected chi connectivity index (χ1v) is 9.30. The van der Waals surface area contributed by atoms with Crippen molar-refractivity contribution < 1.29 is 18.4 Å². The predicted octanol–water partition coefficient (Wildman–Crippen LogP) is 4.96. The summed E-state index contributed by atoms with van der Waals surface area (Å²) in [6, 6.07) is 19.3. The third-order valence-corrected chi connectivity index (χ3v) is 4.55. The van der Waals surface area contributed by atoms with E-state index < -0.39 is 5.82 Å². The summed E-state index contributed by atoms with van der Waals surface area (Å²) in [5.41, 5.74) is 1.29. The van der Waals surface area contributed by atoms with Crippen LogP contribution >= 0.6 is 0 Å². The van der Waals surface area contributed by atoms with Gasteiger partial charge < -0.3 is 14.6 Å². The van der Waals surface area contributed by atoms with Crippen molar-refractivity contribution in [2.75, 3.05) is 6.61 Å². The van der Waals surface area contributed by atoms with Gasteiger partial charge in [0.15, 0.2) is 5.76 Å². The summed E-state index contributed by atoms with van der Waals surface area (Å²) in [7, 11) is 0. The van der Waals surface area contributed by atoms with Gasteiger partial charge in [-0.15, -0.1) is 0 Å².